The van der Waals surface area contributed by atoms with E-state index in [0.29, 0.717) is 62.0 Å². The molecule has 0 unspecified atom stereocenters. The zero-order valence-corrected chi connectivity index (χ0v) is 20.3. The molecule has 12 heteroatoms. The molecule has 1 aliphatic heterocycles. The van der Waals surface area contributed by atoms with E-state index in [4.69, 9.17) is 32.3 Å². The van der Waals surface area contributed by atoms with Crippen LogP contribution in [0.25, 0.3) is 11.2 Å². The maximum atomic E-state index is 14.8. The molecule has 1 amide bonds. The molecule has 3 aromatic rings. The Kier molecular flexibility index (Phi) is 6.89. The number of fused-ring (bicyclic) bond motifs is 1. The van der Waals surface area contributed by atoms with Gasteiger partial charge in [-0.3, -0.25) is 9.36 Å². The SMILES string of the molecule is N#Cc1cc(F)c(Nc2nc3cnc(NC4CCOCC4)nc3n2[C@H]2CC[C@@H](C(N)=O)CC2)c(Cl)c1. The van der Waals surface area contributed by atoms with E-state index in [1.165, 1.54) is 6.07 Å². The summed E-state index contributed by atoms with van der Waals surface area (Å²) in [6.07, 6.45) is 6.01. The maximum Gasteiger partial charge on any atom is 0.224 e. The molecule has 1 saturated heterocycles. The number of imidazole rings is 1. The number of nitrogens with one attached hydrogen (secondary N) is 2. The topological polar surface area (TPSA) is 144 Å². The van der Waals surface area contributed by atoms with Crippen molar-refractivity contribution >= 4 is 46.3 Å². The van der Waals surface area contributed by atoms with Gasteiger partial charge in [-0.1, -0.05) is 11.6 Å². The summed E-state index contributed by atoms with van der Waals surface area (Å²) >= 11 is 6.30. The molecule has 10 nitrogen and oxygen atoms in total. The van der Waals surface area contributed by atoms with Crippen LogP contribution < -0.4 is 16.4 Å². The molecule has 4 N–H and O–H groups in total. The first-order chi connectivity index (χ1) is 17.4. The summed E-state index contributed by atoms with van der Waals surface area (Å²) in [6.45, 7) is 1.37. The van der Waals surface area contributed by atoms with Crippen LogP contribution in [-0.4, -0.2) is 44.7 Å². The van der Waals surface area contributed by atoms with Gasteiger partial charge in [-0.15, -0.1) is 0 Å². The number of nitrogens with two attached hydrogens (primary N) is 1. The number of carbonyl (C=O) groups excluding carboxylic acids is 1. The van der Waals surface area contributed by atoms with E-state index in [1.807, 2.05) is 10.6 Å². The van der Waals surface area contributed by atoms with Gasteiger partial charge in [-0.2, -0.15) is 10.2 Å². The van der Waals surface area contributed by atoms with E-state index in [2.05, 4.69) is 20.6 Å². The molecule has 3 heterocycles. The van der Waals surface area contributed by atoms with Crippen molar-refractivity contribution in [3.63, 3.8) is 0 Å². The van der Waals surface area contributed by atoms with Gasteiger partial charge in [0.1, 0.15) is 11.3 Å². The molecule has 0 spiro atoms. The second kappa shape index (κ2) is 10.2. The molecule has 1 saturated carbocycles. The highest BCUT2D eigenvalue weighted by Crippen LogP contribution is 2.38. The minimum Gasteiger partial charge on any atom is -0.381 e. The van der Waals surface area contributed by atoms with Gasteiger partial charge in [0, 0.05) is 31.2 Å². The Hall–Kier alpha value is -3.49. The summed E-state index contributed by atoms with van der Waals surface area (Å²) in [5.74, 6) is -0.286. The predicted octanol–water partition coefficient (Wildman–Crippen LogP) is 4.04. The molecular formula is C24H26ClFN8O2. The van der Waals surface area contributed by atoms with E-state index < -0.39 is 5.82 Å². The quantitative estimate of drug-likeness (QED) is 0.449. The standard InChI is InChI=1S/C24H26ClFN8O2/c25-17-9-13(11-27)10-18(26)20(17)32-24-31-19-12-29-23(30-15-5-7-36-8-6-15)33-22(19)34(24)16-3-1-14(2-4-16)21(28)35/h9-10,12,14-16H,1-8H2,(H2,28,35)(H,31,32)(H,29,30,33)/t14-,16+. The second-order valence-corrected chi connectivity index (χ2v) is 9.61. The van der Waals surface area contributed by atoms with Crippen LogP contribution in [-0.2, 0) is 9.53 Å². The van der Waals surface area contributed by atoms with E-state index in [-0.39, 0.29) is 40.2 Å². The highest BCUT2D eigenvalue weighted by atomic mass is 35.5. The van der Waals surface area contributed by atoms with Crippen molar-refractivity contribution in [2.24, 2.45) is 11.7 Å². The lowest BCUT2D eigenvalue weighted by Crippen LogP contribution is -2.29. The summed E-state index contributed by atoms with van der Waals surface area (Å²) in [5, 5.41) is 15.6. The van der Waals surface area contributed by atoms with Gasteiger partial charge in [-0.25, -0.2) is 14.4 Å². The maximum absolute atomic E-state index is 14.8. The number of halogens is 2. The fourth-order valence-electron chi connectivity index (χ4n) is 4.91. The van der Waals surface area contributed by atoms with Crippen LogP contribution in [0.3, 0.4) is 0 Å². The van der Waals surface area contributed by atoms with Crippen LogP contribution >= 0.6 is 11.6 Å². The number of benzene rings is 1. The molecule has 2 fully saturated rings. The Balaban J connectivity index is 1.53. The van der Waals surface area contributed by atoms with Gasteiger partial charge >= 0.3 is 0 Å². The summed E-state index contributed by atoms with van der Waals surface area (Å²) in [6, 6.07) is 4.58. The van der Waals surface area contributed by atoms with Crippen LogP contribution in [0.4, 0.5) is 22.0 Å². The molecule has 36 heavy (non-hydrogen) atoms. The van der Waals surface area contributed by atoms with Crippen LogP contribution in [0.1, 0.15) is 50.1 Å². The Morgan fingerprint density at radius 2 is 1.94 bits per heavy atom. The Labute approximate surface area is 212 Å². The first-order valence-electron chi connectivity index (χ1n) is 12.0. The molecular weight excluding hydrogens is 487 g/mol. The number of rotatable bonds is 6. The van der Waals surface area contributed by atoms with Gasteiger partial charge < -0.3 is 21.1 Å². The van der Waals surface area contributed by atoms with Gasteiger partial charge in [0.2, 0.25) is 17.8 Å². The van der Waals surface area contributed by atoms with Crippen molar-refractivity contribution in [1.29, 1.82) is 5.26 Å². The average Bonchev–Trinajstić information content (AvgIpc) is 3.24. The molecule has 2 aliphatic rings. The normalized spacial score (nSPS) is 20.7. The third-order valence-corrected chi connectivity index (χ3v) is 7.16. The number of aromatic nitrogens is 4. The number of nitriles is 1. The van der Waals surface area contributed by atoms with Crippen LogP contribution in [0.15, 0.2) is 18.3 Å². The minimum absolute atomic E-state index is 0.0200. The number of ether oxygens (including phenoxy) is 1. The number of hydrogen-bond donors (Lipinski definition) is 3. The fourth-order valence-corrected chi connectivity index (χ4v) is 5.16. The Morgan fingerprint density at radius 1 is 1.19 bits per heavy atom. The summed E-state index contributed by atoms with van der Waals surface area (Å²) in [7, 11) is 0. The van der Waals surface area contributed by atoms with Crippen LogP contribution in [0.2, 0.25) is 5.02 Å². The van der Waals surface area contributed by atoms with Gasteiger partial charge in [0.15, 0.2) is 5.65 Å². The first kappa shape index (κ1) is 24.2. The summed E-state index contributed by atoms with van der Waals surface area (Å²) in [4.78, 5) is 25.6. The lowest BCUT2D eigenvalue weighted by atomic mass is 9.85. The number of primary amides is 1. The number of nitrogens with zero attached hydrogens (tertiary/aromatic N) is 5. The molecule has 0 bridgehead atoms. The fraction of sp³-hybridized carbons (Fsp3) is 0.458. The van der Waals surface area contributed by atoms with E-state index >= 15 is 0 Å². The summed E-state index contributed by atoms with van der Waals surface area (Å²) in [5.41, 5.74) is 6.80. The number of carbonyl (C=O) groups is 1. The monoisotopic (exact) mass is 512 g/mol. The molecule has 188 valence electrons. The van der Waals surface area contributed by atoms with Crippen molar-refractivity contribution in [2.75, 3.05) is 23.8 Å². The van der Waals surface area contributed by atoms with Gasteiger partial charge in [0.05, 0.1) is 28.5 Å². The lowest BCUT2D eigenvalue weighted by Gasteiger charge is -2.29. The van der Waals surface area contributed by atoms with Crippen molar-refractivity contribution in [3.8, 4) is 6.07 Å². The Morgan fingerprint density at radius 3 is 2.61 bits per heavy atom. The molecule has 0 atom stereocenters. The van der Waals surface area contributed by atoms with Gasteiger partial charge in [-0.05, 0) is 50.7 Å². The number of anilines is 3. The molecule has 1 aliphatic carbocycles. The zero-order valence-electron chi connectivity index (χ0n) is 19.5. The number of amides is 1. The predicted molar refractivity (Wildman–Crippen MR) is 132 cm³/mol. The van der Waals surface area contributed by atoms with Crippen molar-refractivity contribution in [2.45, 2.75) is 50.6 Å². The highest BCUT2D eigenvalue weighted by Gasteiger charge is 2.29. The number of hydrogen-bond acceptors (Lipinski definition) is 8. The van der Waals surface area contributed by atoms with E-state index in [9.17, 15) is 9.18 Å². The average molecular weight is 513 g/mol. The van der Waals surface area contributed by atoms with E-state index in [1.54, 1.807) is 6.20 Å². The molecule has 1 aromatic carbocycles. The zero-order chi connectivity index (χ0) is 25.2. The van der Waals surface area contributed by atoms with Crippen LogP contribution in [0.5, 0.6) is 0 Å². The van der Waals surface area contributed by atoms with Crippen LogP contribution in [0, 0.1) is 23.1 Å². The second-order valence-electron chi connectivity index (χ2n) is 9.20. The summed E-state index contributed by atoms with van der Waals surface area (Å²) < 4.78 is 22.2. The molecule has 5 rings (SSSR count). The Bertz CT molecular complexity index is 1300. The van der Waals surface area contributed by atoms with Crippen molar-refractivity contribution < 1.29 is 13.9 Å². The first-order valence-corrected chi connectivity index (χ1v) is 12.4. The van der Waals surface area contributed by atoms with Crippen molar-refractivity contribution in [3.05, 3.63) is 34.7 Å². The third-order valence-electron chi connectivity index (χ3n) is 6.86. The smallest absolute Gasteiger partial charge is 0.224 e. The van der Waals surface area contributed by atoms with Gasteiger partial charge in [0.25, 0.3) is 0 Å². The minimum atomic E-state index is -0.664. The highest BCUT2D eigenvalue weighted by molar-refractivity contribution is 6.33. The third kappa shape index (κ3) is 4.92. The molecule has 0 radical (unpaired) electrons. The largest absolute Gasteiger partial charge is 0.381 e. The lowest BCUT2D eigenvalue weighted by molar-refractivity contribution is -0.122. The molecule has 2 aromatic heterocycles. The van der Waals surface area contributed by atoms with E-state index in [0.717, 1.165) is 18.9 Å². The van der Waals surface area contributed by atoms with Crippen molar-refractivity contribution in [1.82, 2.24) is 19.5 Å².